The van der Waals surface area contributed by atoms with E-state index in [-0.39, 0.29) is 0 Å². The Balaban J connectivity index is 1.36. The van der Waals surface area contributed by atoms with E-state index in [0.717, 1.165) is 17.1 Å². The SMILES string of the molecule is Cn1c2ccccc2c2cccc(-c3ccc(N(c4ccccc4)c4ccc5ccccc5c4)cc3)c21. The second-order valence-corrected chi connectivity index (χ2v) is 9.53. The second-order valence-electron chi connectivity index (χ2n) is 9.53. The van der Waals surface area contributed by atoms with Gasteiger partial charge in [-0.05, 0) is 58.8 Å². The second kappa shape index (κ2) is 8.69. The summed E-state index contributed by atoms with van der Waals surface area (Å²) in [5.41, 5.74) is 8.41. The minimum atomic E-state index is 1.13. The lowest BCUT2D eigenvalue weighted by atomic mass is 10.0. The van der Waals surface area contributed by atoms with Crippen molar-refractivity contribution in [3.63, 3.8) is 0 Å². The molecule has 0 radical (unpaired) electrons. The molecule has 0 unspecified atom stereocenters. The fourth-order valence-electron chi connectivity index (χ4n) is 5.60. The van der Waals surface area contributed by atoms with Gasteiger partial charge in [0.05, 0.1) is 5.52 Å². The Labute approximate surface area is 216 Å². The van der Waals surface area contributed by atoms with Gasteiger partial charge < -0.3 is 9.47 Å². The van der Waals surface area contributed by atoms with Gasteiger partial charge in [0.1, 0.15) is 0 Å². The number of hydrogen-bond acceptors (Lipinski definition) is 1. The van der Waals surface area contributed by atoms with Gasteiger partial charge in [-0.15, -0.1) is 0 Å². The molecule has 7 aromatic rings. The highest BCUT2D eigenvalue weighted by atomic mass is 15.1. The van der Waals surface area contributed by atoms with Gasteiger partial charge in [-0.25, -0.2) is 0 Å². The molecule has 0 saturated carbocycles. The first-order valence-electron chi connectivity index (χ1n) is 12.7. The van der Waals surface area contributed by atoms with Crippen LogP contribution in [0.15, 0.2) is 140 Å². The molecule has 0 aliphatic carbocycles. The minimum Gasteiger partial charge on any atom is -0.343 e. The van der Waals surface area contributed by atoms with Crippen LogP contribution in [-0.4, -0.2) is 4.57 Å². The van der Waals surface area contributed by atoms with E-state index in [1.807, 2.05) is 0 Å². The van der Waals surface area contributed by atoms with E-state index >= 15 is 0 Å². The molecule has 0 N–H and O–H groups in total. The first-order valence-corrected chi connectivity index (χ1v) is 12.7. The highest BCUT2D eigenvalue weighted by Crippen LogP contribution is 2.39. The molecular weight excluding hydrogens is 448 g/mol. The van der Waals surface area contributed by atoms with Crippen molar-refractivity contribution in [2.45, 2.75) is 0 Å². The summed E-state index contributed by atoms with van der Waals surface area (Å²) < 4.78 is 2.32. The molecule has 0 aliphatic rings. The molecule has 6 aromatic carbocycles. The average Bonchev–Trinajstić information content (AvgIpc) is 3.26. The van der Waals surface area contributed by atoms with Gasteiger partial charge in [0.15, 0.2) is 0 Å². The summed E-state index contributed by atoms with van der Waals surface area (Å²) >= 11 is 0. The minimum absolute atomic E-state index is 1.13. The smallest absolute Gasteiger partial charge is 0.0568 e. The predicted octanol–water partition coefficient (Wildman–Crippen LogP) is 9.62. The van der Waals surface area contributed by atoms with Crippen molar-refractivity contribution in [3.05, 3.63) is 140 Å². The monoisotopic (exact) mass is 474 g/mol. The van der Waals surface area contributed by atoms with Crippen LogP contribution in [0.1, 0.15) is 0 Å². The topological polar surface area (TPSA) is 8.17 Å². The van der Waals surface area contributed by atoms with E-state index in [9.17, 15) is 0 Å². The van der Waals surface area contributed by atoms with Gasteiger partial charge >= 0.3 is 0 Å². The highest BCUT2D eigenvalue weighted by molar-refractivity contribution is 6.12. The maximum absolute atomic E-state index is 2.33. The summed E-state index contributed by atoms with van der Waals surface area (Å²) in [7, 11) is 2.17. The summed E-state index contributed by atoms with van der Waals surface area (Å²) in [4.78, 5) is 2.33. The van der Waals surface area contributed by atoms with Crippen molar-refractivity contribution in [2.24, 2.45) is 7.05 Å². The largest absolute Gasteiger partial charge is 0.343 e. The molecule has 2 nitrogen and oxygen atoms in total. The summed E-state index contributed by atoms with van der Waals surface area (Å²) in [5, 5.41) is 5.07. The Kier molecular flexibility index (Phi) is 5.04. The molecule has 0 spiro atoms. The van der Waals surface area contributed by atoms with E-state index in [1.54, 1.807) is 0 Å². The Morgan fingerprint density at radius 2 is 1.14 bits per heavy atom. The van der Waals surface area contributed by atoms with Crippen molar-refractivity contribution < 1.29 is 0 Å². The molecule has 0 fully saturated rings. The van der Waals surface area contributed by atoms with Gasteiger partial charge in [0.25, 0.3) is 0 Å². The fourth-order valence-corrected chi connectivity index (χ4v) is 5.60. The zero-order valence-electron chi connectivity index (χ0n) is 20.7. The van der Waals surface area contributed by atoms with Crippen LogP contribution in [0.2, 0.25) is 0 Å². The van der Waals surface area contributed by atoms with Crippen molar-refractivity contribution >= 4 is 49.6 Å². The highest BCUT2D eigenvalue weighted by Gasteiger charge is 2.15. The zero-order valence-corrected chi connectivity index (χ0v) is 20.7. The standard InChI is InChI=1S/C35H26N2/c1-36-34-17-8-7-14-32(34)33-16-9-15-31(35(33)36)26-19-21-29(22-20-26)37(28-12-3-2-4-13-28)30-23-18-25-10-5-6-11-27(25)24-30/h2-24H,1H3. The Hall–Kier alpha value is -4.82. The molecule has 176 valence electrons. The molecule has 0 atom stereocenters. The molecular formula is C35H26N2. The third kappa shape index (κ3) is 3.57. The number of aromatic nitrogens is 1. The lowest BCUT2D eigenvalue weighted by Gasteiger charge is -2.26. The lowest BCUT2D eigenvalue weighted by molar-refractivity contribution is 1.02. The molecule has 2 heteroatoms. The van der Waals surface area contributed by atoms with Gasteiger partial charge in [0.2, 0.25) is 0 Å². The van der Waals surface area contributed by atoms with Gasteiger partial charge in [-0.1, -0.05) is 97.1 Å². The van der Waals surface area contributed by atoms with Gasteiger partial charge in [0, 0.05) is 46.0 Å². The van der Waals surface area contributed by atoms with Gasteiger partial charge in [-0.2, -0.15) is 0 Å². The van der Waals surface area contributed by atoms with E-state index < -0.39 is 0 Å². The summed E-state index contributed by atoms with van der Waals surface area (Å²) in [6, 6.07) is 50.0. The first kappa shape index (κ1) is 21.5. The van der Waals surface area contributed by atoms with Crippen LogP contribution in [0.4, 0.5) is 17.1 Å². The van der Waals surface area contributed by atoms with Crippen LogP contribution >= 0.6 is 0 Å². The van der Waals surface area contributed by atoms with Crippen LogP contribution in [0, 0.1) is 0 Å². The molecule has 0 bridgehead atoms. The molecule has 1 heterocycles. The molecule has 1 aromatic heterocycles. The summed E-state index contributed by atoms with van der Waals surface area (Å²) in [5.74, 6) is 0. The van der Waals surface area contributed by atoms with Crippen LogP contribution in [0.5, 0.6) is 0 Å². The predicted molar refractivity (Wildman–Crippen MR) is 158 cm³/mol. The molecule has 37 heavy (non-hydrogen) atoms. The van der Waals surface area contributed by atoms with Crippen molar-refractivity contribution in [1.29, 1.82) is 0 Å². The van der Waals surface area contributed by atoms with Crippen LogP contribution in [-0.2, 0) is 7.05 Å². The fraction of sp³-hybridized carbons (Fsp3) is 0.0286. The molecule has 7 rings (SSSR count). The zero-order chi connectivity index (χ0) is 24.8. The number of aryl methyl sites for hydroxylation is 1. The molecule has 0 amide bonds. The van der Waals surface area contributed by atoms with Crippen LogP contribution in [0.25, 0.3) is 43.7 Å². The third-order valence-corrected chi connectivity index (χ3v) is 7.37. The number of hydrogen-bond donors (Lipinski definition) is 0. The Morgan fingerprint density at radius 3 is 1.97 bits per heavy atom. The third-order valence-electron chi connectivity index (χ3n) is 7.37. The van der Waals surface area contributed by atoms with E-state index in [1.165, 1.54) is 43.7 Å². The molecule has 0 aliphatic heterocycles. The number of rotatable bonds is 4. The number of benzene rings is 6. The maximum atomic E-state index is 2.33. The van der Waals surface area contributed by atoms with E-state index in [0.29, 0.717) is 0 Å². The quantitative estimate of drug-likeness (QED) is 0.246. The summed E-state index contributed by atoms with van der Waals surface area (Å²) in [6.07, 6.45) is 0. The number of anilines is 3. The van der Waals surface area contributed by atoms with E-state index in [2.05, 4.69) is 156 Å². The molecule has 0 saturated heterocycles. The number of nitrogens with zero attached hydrogens (tertiary/aromatic N) is 2. The number of para-hydroxylation sites is 3. The van der Waals surface area contributed by atoms with Crippen molar-refractivity contribution in [3.8, 4) is 11.1 Å². The average molecular weight is 475 g/mol. The number of fused-ring (bicyclic) bond motifs is 4. The van der Waals surface area contributed by atoms with Crippen LogP contribution in [0.3, 0.4) is 0 Å². The lowest BCUT2D eigenvalue weighted by Crippen LogP contribution is -2.09. The first-order chi connectivity index (χ1) is 18.3. The van der Waals surface area contributed by atoms with Crippen LogP contribution < -0.4 is 4.90 Å². The van der Waals surface area contributed by atoms with Crippen molar-refractivity contribution in [1.82, 2.24) is 4.57 Å². The van der Waals surface area contributed by atoms with Gasteiger partial charge in [-0.3, -0.25) is 0 Å². The maximum Gasteiger partial charge on any atom is 0.0568 e. The van der Waals surface area contributed by atoms with Crippen molar-refractivity contribution in [2.75, 3.05) is 4.90 Å². The summed E-state index contributed by atoms with van der Waals surface area (Å²) in [6.45, 7) is 0. The normalized spacial score (nSPS) is 11.4. The Morgan fingerprint density at radius 1 is 0.486 bits per heavy atom. The van der Waals surface area contributed by atoms with E-state index in [4.69, 9.17) is 0 Å². The Bertz CT molecular complexity index is 1880.